The first kappa shape index (κ1) is 4.07. The molecule has 0 amide bonds. The second-order valence-corrected chi connectivity index (χ2v) is 2.87. The van der Waals surface area contributed by atoms with E-state index >= 15 is 0 Å². The molecule has 0 spiro atoms. The van der Waals surface area contributed by atoms with Crippen LogP contribution < -0.4 is 0 Å². The summed E-state index contributed by atoms with van der Waals surface area (Å²) in [6, 6.07) is 0. The van der Waals surface area contributed by atoms with Crippen LogP contribution in [0.2, 0.25) is 0 Å². The zero-order valence-corrected chi connectivity index (χ0v) is 5.93. The molecule has 0 aromatic rings. The van der Waals surface area contributed by atoms with E-state index in [1.54, 1.807) is 0 Å². The highest BCUT2D eigenvalue weighted by Crippen LogP contribution is 2.34. The standard InChI is InChI=1S/C8H16O2/c9-6-8(7-10)4-2-1-3-5-8/h9-10H,1-7H2/i6D2,7D2. The third kappa shape index (κ3) is 1.50. The lowest BCUT2D eigenvalue weighted by molar-refractivity contribution is 0.0234. The Kier molecular flexibility index (Phi) is 1.37. The third-order valence-corrected chi connectivity index (χ3v) is 2.14. The minimum atomic E-state index is -2.67. The molecule has 0 radical (unpaired) electrons. The molecule has 10 heavy (non-hydrogen) atoms. The van der Waals surface area contributed by atoms with Crippen molar-refractivity contribution in [2.45, 2.75) is 32.1 Å². The van der Waals surface area contributed by atoms with E-state index in [2.05, 4.69) is 0 Å². The van der Waals surface area contributed by atoms with Crippen LogP contribution in [0.5, 0.6) is 0 Å². The Morgan fingerprint density at radius 2 is 1.60 bits per heavy atom. The van der Waals surface area contributed by atoms with E-state index in [9.17, 15) is 10.2 Å². The number of aliphatic hydroxyl groups is 2. The van der Waals surface area contributed by atoms with Gasteiger partial charge in [0.15, 0.2) is 0 Å². The summed E-state index contributed by atoms with van der Waals surface area (Å²) >= 11 is 0. The van der Waals surface area contributed by atoms with Gasteiger partial charge in [0.25, 0.3) is 0 Å². The molecule has 0 heterocycles. The van der Waals surface area contributed by atoms with Crippen molar-refractivity contribution in [3.8, 4) is 0 Å². The van der Waals surface area contributed by atoms with E-state index < -0.39 is 18.5 Å². The fraction of sp³-hybridized carbons (Fsp3) is 1.00. The van der Waals surface area contributed by atoms with Gasteiger partial charge >= 0.3 is 0 Å². The number of hydrogen-bond acceptors (Lipinski definition) is 2. The summed E-state index contributed by atoms with van der Waals surface area (Å²) in [5.74, 6) is 0. The molecular weight excluding hydrogens is 128 g/mol. The van der Waals surface area contributed by atoms with Crippen LogP contribution in [-0.4, -0.2) is 23.3 Å². The zero-order valence-electron chi connectivity index (χ0n) is 9.93. The van der Waals surface area contributed by atoms with Crippen molar-refractivity contribution in [1.82, 2.24) is 0 Å². The Bertz CT molecular complexity index is 184. The van der Waals surface area contributed by atoms with Gasteiger partial charge in [0.05, 0.1) is 18.6 Å². The molecular formula is C8H16O2. The largest absolute Gasteiger partial charge is 0.396 e. The van der Waals surface area contributed by atoms with Crippen molar-refractivity contribution in [3.63, 3.8) is 0 Å². The molecule has 2 N–H and O–H groups in total. The first-order valence-electron chi connectivity index (χ1n) is 5.65. The molecule has 0 unspecified atom stereocenters. The van der Waals surface area contributed by atoms with Crippen molar-refractivity contribution in [2.75, 3.05) is 13.1 Å². The highest BCUT2D eigenvalue weighted by atomic mass is 16.3. The van der Waals surface area contributed by atoms with Crippen molar-refractivity contribution in [3.05, 3.63) is 0 Å². The smallest absolute Gasteiger partial charge is 0.0570 e. The zero-order chi connectivity index (χ0) is 11.0. The van der Waals surface area contributed by atoms with Gasteiger partial charge in [-0.3, -0.25) is 0 Å². The second-order valence-electron chi connectivity index (χ2n) is 2.87. The maximum absolute atomic E-state index is 9.36. The summed E-state index contributed by atoms with van der Waals surface area (Å²) in [6.45, 7) is -5.35. The lowest BCUT2D eigenvalue weighted by atomic mass is 9.75. The summed E-state index contributed by atoms with van der Waals surface area (Å²) in [7, 11) is 0. The van der Waals surface area contributed by atoms with Crippen LogP contribution in [0.25, 0.3) is 0 Å². The van der Waals surface area contributed by atoms with Gasteiger partial charge in [-0.05, 0) is 12.8 Å². The Morgan fingerprint density at radius 3 is 1.90 bits per heavy atom. The van der Waals surface area contributed by atoms with Crippen molar-refractivity contribution in [1.29, 1.82) is 0 Å². The van der Waals surface area contributed by atoms with Gasteiger partial charge in [-0.15, -0.1) is 0 Å². The van der Waals surface area contributed by atoms with Crippen LogP contribution in [0.4, 0.5) is 0 Å². The Morgan fingerprint density at radius 1 is 1.10 bits per heavy atom. The molecule has 1 saturated carbocycles. The molecule has 1 aliphatic carbocycles. The quantitative estimate of drug-likeness (QED) is 0.611. The molecule has 2 heteroatoms. The Labute approximate surface area is 67.5 Å². The fourth-order valence-corrected chi connectivity index (χ4v) is 1.40. The van der Waals surface area contributed by atoms with E-state index in [0.717, 1.165) is 6.42 Å². The molecule has 0 bridgehead atoms. The van der Waals surface area contributed by atoms with Crippen LogP contribution in [-0.2, 0) is 0 Å². The highest BCUT2D eigenvalue weighted by Gasteiger charge is 2.30. The van der Waals surface area contributed by atoms with Crippen LogP contribution in [0.1, 0.15) is 37.6 Å². The summed E-state index contributed by atoms with van der Waals surface area (Å²) < 4.78 is 29.0. The molecule has 1 rings (SSSR count). The SMILES string of the molecule is [2H]C([2H])(O)C1(C([2H])([2H])O)CCCCC1. The maximum atomic E-state index is 9.36. The van der Waals surface area contributed by atoms with Gasteiger partial charge in [-0.2, -0.15) is 0 Å². The summed E-state index contributed by atoms with van der Waals surface area (Å²) in [5.41, 5.74) is -1.67. The summed E-state index contributed by atoms with van der Waals surface area (Å²) in [6.07, 6.45) is 2.54. The lowest BCUT2D eigenvalue weighted by Crippen LogP contribution is -2.31. The molecule has 0 aromatic carbocycles. The molecule has 1 fully saturated rings. The van der Waals surface area contributed by atoms with Gasteiger partial charge < -0.3 is 10.2 Å². The van der Waals surface area contributed by atoms with E-state index in [0.29, 0.717) is 12.8 Å². The van der Waals surface area contributed by atoms with Gasteiger partial charge in [-0.1, -0.05) is 19.3 Å². The number of hydrogen-bond donors (Lipinski definition) is 2. The molecule has 2 nitrogen and oxygen atoms in total. The van der Waals surface area contributed by atoms with E-state index in [1.807, 2.05) is 0 Å². The monoisotopic (exact) mass is 148 g/mol. The third-order valence-electron chi connectivity index (χ3n) is 2.14. The number of rotatable bonds is 2. The van der Waals surface area contributed by atoms with Crippen molar-refractivity contribution < 1.29 is 15.7 Å². The first-order valence-corrected chi connectivity index (χ1v) is 3.65. The van der Waals surface area contributed by atoms with E-state index in [1.165, 1.54) is 0 Å². The minimum Gasteiger partial charge on any atom is -0.396 e. The predicted molar refractivity (Wildman–Crippen MR) is 39.7 cm³/mol. The Balaban J connectivity index is 3.01. The summed E-state index contributed by atoms with van der Waals surface area (Å²) in [5, 5.41) is 18.7. The molecule has 0 aromatic heterocycles. The lowest BCUT2D eigenvalue weighted by Gasteiger charge is -2.33. The topological polar surface area (TPSA) is 40.5 Å². The van der Waals surface area contributed by atoms with Crippen LogP contribution in [0.15, 0.2) is 0 Å². The van der Waals surface area contributed by atoms with Crippen LogP contribution >= 0.6 is 0 Å². The average Bonchev–Trinajstić information content (AvgIpc) is 2.02. The van der Waals surface area contributed by atoms with Gasteiger partial charge in [-0.25, -0.2) is 0 Å². The van der Waals surface area contributed by atoms with Crippen LogP contribution in [0, 0.1) is 5.41 Å². The molecule has 60 valence electrons. The van der Waals surface area contributed by atoms with Gasteiger partial charge in [0.1, 0.15) is 0 Å². The average molecular weight is 148 g/mol. The first-order chi connectivity index (χ1) is 6.21. The molecule has 0 atom stereocenters. The fourth-order valence-electron chi connectivity index (χ4n) is 1.40. The second kappa shape index (κ2) is 3.35. The van der Waals surface area contributed by atoms with Crippen LogP contribution in [0.3, 0.4) is 0 Å². The van der Waals surface area contributed by atoms with Crippen molar-refractivity contribution in [2.24, 2.45) is 5.41 Å². The van der Waals surface area contributed by atoms with Crippen molar-refractivity contribution >= 4 is 0 Å². The predicted octanol–water partition coefficient (Wildman–Crippen LogP) is 0.921. The van der Waals surface area contributed by atoms with E-state index in [4.69, 9.17) is 5.48 Å². The van der Waals surface area contributed by atoms with E-state index in [-0.39, 0.29) is 12.8 Å². The molecule has 0 saturated heterocycles. The summed E-state index contributed by atoms with van der Waals surface area (Å²) in [4.78, 5) is 0. The molecule has 0 aliphatic heterocycles. The normalized spacial score (nSPS) is 33.4. The van der Waals surface area contributed by atoms with Gasteiger partial charge in [0.2, 0.25) is 0 Å². The minimum absolute atomic E-state index is 0.181. The molecule has 1 aliphatic rings. The Hall–Kier alpha value is -0.0800. The highest BCUT2D eigenvalue weighted by molar-refractivity contribution is 4.80. The maximum Gasteiger partial charge on any atom is 0.0570 e. The van der Waals surface area contributed by atoms with Gasteiger partial charge in [0, 0.05) is 5.41 Å².